The van der Waals surface area contributed by atoms with Crippen molar-refractivity contribution in [2.24, 2.45) is 0 Å². The van der Waals surface area contributed by atoms with E-state index in [1.807, 2.05) is 31.2 Å². The van der Waals surface area contributed by atoms with Crippen molar-refractivity contribution in [3.63, 3.8) is 0 Å². The van der Waals surface area contributed by atoms with Crippen LogP contribution in [0.5, 0.6) is 11.5 Å². The normalized spacial score (nSPS) is 12.7. The molecule has 6 nitrogen and oxygen atoms in total. The van der Waals surface area contributed by atoms with E-state index < -0.39 is 0 Å². The number of rotatable bonds is 5. The van der Waals surface area contributed by atoms with E-state index in [0.717, 1.165) is 22.8 Å². The van der Waals surface area contributed by atoms with Gasteiger partial charge in [0.1, 0.15) is 5.69 Å². The summed E-state index contributed by atoms with van der Waals surface area (Å²) in [6.07, 6.45) is 0. The molecule has 23 heavy (non-hydrogen) atoms. The average molecular weight is 315 g/mol. The minimum atomic E-state index is -0.0756. The molecule has 1 aliphatic heterocycles. The molecule has 0 aliphatic carbocycles. The lowest BCUT2D eigenvalue weighted by Crippen LogP contribution is -2.30. The third-order valence-electron chi connectivity index (χ3n) is 3.92. The van der Waals surface area contributed by atoms with Crippen molar-refractivity contribution in [3.8, 4) is 11.5 Å². The van der Waals surface area contributed by atoms with Crippen LogP contribution in [0.1, 0.15) is 48.4 Å². The van der Waals surface area contributed by atoms with Gasteiger partial charge >= 0.3 is 0 Å². The van der Waals surface area contributed by atoms with Crippen molar-refractivity contribution < 1.29 is 14.3 Å². The minimum absolute atomic E-state index is 0.0756. The summed E-state index contributed by atoms with van der Waals surface area (Å²) in [7, 11) is 0. The van der Waals surface area contributed by atoms with Crippen molar-refractivity contribution >= 4 is 5.91 Å². The Balaban J connectivity index is 1.75. The zero-order valence-corrected chi connectivity index (χ0v) is 13.6. The van der Waals surface area contributed by atoms with Crippen molar-refractivity contribution in [2.45, 2.75) is 33.2 Å². The number of aromatic nitrogens is 2. The Labute approximate surface area is 135 Å². The molecule has 0 saturated heterocycles. The second kappa shape index (κ2) is 6.32. The molecule has 3 rings (SSSR count). The molecule has 0 radical (unpaired) electrons. The van der Waals surface area contributed by atoms with Gasteiger partial charge in [0.05, 0.1) is 0 Å². The molecule has 1 N–H and O–H groups in total. The molecule has 1 aromatic heterocycles. The number of carbonyl (C=O) groups excluding carboxylic acids is 1. The maximum Gasteiger partial charge on any atom is 0.274 e. The minimum Gasteiger partial charge on any atom is -0.454 e. The average Bonchev–Trinajstić information content (AvgIpc) is 3.20. The van der Waals surface area contributed by atoms with Crippen molar-refractivity contribution in [1.82, 2.24) is 15.1 Å². The first kappa shape index (κ1) is 15.4. The van der Waals surface area contributed by atoms with E-state index in [0.29, 0.717) is 24.7 Å². The molecule has 0 saturated carbocycles. The fourth-order valence-corrected chi connectivity index (χ4v) is 2.49. The van der Waals surface area contributed by atoms with E-state index in [1.54, 1.807) is 4.90 Å². The topological polar surface area (TPSA) is 67.5 Å². The van der Waals surface area contributed by atoms with Crippen molar-refractivity contribution in [1.29, 1.82) is 0 Å². The molecule has 1 aliphatic rings. The second-order valence-corrected chi connectivity index (χ2v) is 5.87. The lowest BCUT2D eigenvalue weighted by atomic mass is 10.1. The van der Waals surface area contributed by atoms with Crippen LogP contribution in [0.15, 0.2) is 24.3 Å². The van der Waals surface area contributed by atoms with Gasteiger partial charge in [-0.3, -0.25) is 9.89 Å². The number of carbonyl (C=O) groups is 1. The van der Waals surface area contributed by atoms with Crippen LogP contribution in [-0.4, -0.2) is 34.3 Å². The number of fused-ring (bicyclic) bond motifs is 1. The first-order valence-electron chi connectivity index (χ1n) is 7.81. The zero-order chi connectivity index (χ0) is 16.4. The van der Waals surface area contributed by atoms with Crippen LogP contribution in [0.25, 0.3) is 0 Å². The van der Waals surface area contributed by atoms with Gasteiger partial charge < -0.3 is 14.4 Å². The number of benzene rings is 1. The Morgan fingerprint density at radius 2 is 2.09 bits per heavy atom. The van der Waals surface area contributed by atoms with Gasteiger partial charge in [-0.2, -0.15) is 5.10 Å². The molecular weight excluding hydrogens is 294 g/mol. The lowest BCUT2D eigenvalue weighted by Gasteiger charge is -2.20. The summed E-state index contributed by atoms with van der Waals surface area (Å²) in [5.41, 5.74) is 2.42. The SMILES string of the molecule is CCN(Cc1ccc2c(c1)OCO2)C(=O)c1cc(C(C)C)[nH]n1. The maximum absolute atomic E-state index is 12.6. The van der Waals surface area contributed by atoms with E-state index in [9.17, 15) is 4.79 Å². The van der Waals surface area contributed by atoms with Crippen LogP contribution in [0.3, 0.4) is 0 Å². The fraction of sp³-hybridized carbons (Fsp3) is 0.412. The molecule has 0 bridgehead atoms. The van der Waals surface area contributed by atoms with E-state index in [2.05, 4.69) is 24.0 Å². The Hall–Kier alpha value is -2.50. The molecule has 0 unspecified atom stereocenters. The number of hydrogen-bond acceptors (Lipinski definition) is 4. The highest BCUT2D eigenvalue weighted by Gasteiger charge is 2.20. The molecule has 1 amide bonds. The first-order chi connectivity index (χ1) is 11.1. The standard InChI is InChI=1S/C17H21N3O3/c1-4-20(17(21)14-8-13(11(2)3)18-19-14)9-12-5-6-15-16(7-12)23-10-22-15/h5-8,11H,4,9-10H2,1-3H3,(H,18,19). The smallest absolute Gasteiger partial charge is 0.274 e. The quantitative estimate of drug-likeness (QED) is 0.921. The number of aromatic amines is 1. The van der Waals surface area contributed by atoms with Crippen molar-refractivity contribution in [3.05, 3.63) is 41.2 Å². The molecule has 2 aromatic rings. The Kier molecular flexibility index (Phi) is 4.23. The Morgan fingerprint density at radius 3 is 2.78 bits per heavy atom. The van der Waals surface area contributed by atoms with Crippen LogP contribution < -0.4 is 9.47 Å². The van der Waals surface area contributed by atoms with Gasteiger partial charge in [0, 0.05) is 18.8 Å². The second-order valence-electron chi connectivity index (χ2n) is 5.87. The highest BCUT2D eigenvalue weighted by molar-refractivity contribution is 5.92. The third-order valence-corrected chi connectivity index (χ3v) is 3.92. The molecule has 1 aromatic carbocycles. The Bertz CT molecular complexity index is 709. The number of nitrogens with zero attached hydrogens (tertiary/aromatic N) is 2. The van der Waals surface area contributed by atoms with Gasteiger partial charge in [0.25, 0.3) is 5.91 Å². The van der Waals surface area contributed by atoms with E-state index >= 15 is 0 Å². The molecule has 122 valence electrons. The molecule has 0 spiro atoms. The van der Waals surface area contributed by atoms with Gasteiger partial charge in [0.2, 0.25) is 6.79 Å². The number of hydrogen-bond donors (Lipinski definition) is 1. The molecule has 0 fully saturated rings. The van der Waals surface area contributed by atoms with Gasteiger partial charge in [-0.1, -0.05) is 19.9 Å². The molecule has 6 heteroatoms. The highest BCUT2D eigenvalue weighted by atomic mass is 16.7. The van der Waals surface area contributed by atoms with Gasteiger partial charge in [-0.25, -0.2) is 0 Å². The summed E-state index contributed by atoms with van der Waals surface area (Å²) in [5, 5.41) is 7.07. The van der Waals surface area contributed by atoms with Crippen LogP contribution in [-0.2, 0) is 6.54 Å². The summed E-state index contributed by atoms with van der Waals surface area (Å²) in [4.78, 5) is 14.4. The third kappa shape index (κ3) is 3.16. The predicted octanol–water partition coefficient (Wildman–Crippen LogP) is 2.92. The summed E-state index contributed by atoms with van der Waals surface area (Å²) >= 11 is 0. The van der Waals surface area contributed by atoms with Crippen LogP contribution in [0, 0.1) is 0 Å². The first-order valence-corrected chi connectivity index (χ1v) is 7.81. The lowest BCUT2D eigenvalue weighted by molar-refractivity contribution is 0.0746. The maximum atomic E-state index is 12.6. The van der Waals surface area contributed by atoms with Crippen LogP contribution in [0.2, 0.25) is 0 Å². The number of ether oxygens (including phenoxy) is 2. The summed E-state index contributed by atoms with van der Waals surface area (Å²) in [5.74, 6) is 1.71. The van der Waals surface area contributed by atoms with E-state index in [1.165, 1.54) is 0 Å². The number of nitrogens with one attached hydrogen (secondary N) is 1. The zero-order valence-electron chi connectivity index (χ0n) is 13.6. The number of amides is 1. The number of H-pyrrole nitrogens is 1. The van der Waals surface area contributed by atoms with E-state index in [4.69, 9.17) is 9.47 Å². The molecular formula is C17H21N3O3. The van der Waals surface area contributed by atoms with Gasteiger partial charge in [0.15, 0.2) is 11.5 Å². The molecule has 2 heterocycles. The summed E-state index contributed by atoms with van der Waals surface area (Å²) in [6.45, 7) is 7.45. The van der Waals surface area contributed by atoms with Crippen molar-refractivity contribution in [2.75, 3.05) is 13.3 Å². The fourth-order valence-electron chi connectivity index (χ4n) is 2.49. The van der Waals surface area contributed by atoms with Crippen LogP contribution in [0.4, 0.5) is 0 Å². The van der Waals surface area contributed by atoms with Gasteiger partial charge in [-0.15, -0.1) is 0 Å². The van der Waals surface area contributed by atoms with Gasteiger partial charge in [-0.05, 0) is 36.6 Å². The monoisotopic (exact) mass is 315 g/mol. The highest BCUT2D eigenvalue weighted by Crippen LogP contribution is 2.32. The van der Waals surface area contributed by atoms with E-state index in [-0.39, 0.29) is 12.7 Å². The predicted molar refractivity (Wildman–Crippen MR) is 85.7 cm³/mol. The summed E-state index contributed by atoms with van der Waals surface area (Å²) < 4.78 is 10.7. The van der Waals surface area contributed by atoms with Crippen LogP contribution >= 0.6 is 0 Å². The molecule has 0 atom stereocenters. The Morgan fingerprint density at radius 1 is 1.30 bits per heavy atom. The summed E-state index contributed by atoms with van der Waals surface area (Å²) in [6, 6.07) is 7.58. The largest absolute Gasteiger partial charge is 0.454 e.